The Balaban J connectivity index is 2.35. The predicted molar refractivity (Wildman–Crippen MR) is 105 cm³/mol. The van der Waals surface area contributed by atoms with E-state index in [4.69, 9.17) is 4.74 Å². The Morgan fingerprint density at radius 3 is 2.04 bits per heavy atom. The predicted octanol–water partition coefficient (Wildman–Crippen LogP) is 4.67. The summed E-state index contributed by atoms with van der Waals surface area (Å²) in [6.45, 7) is 10.6. The third-order valence-corrected chi connectivity index (χ3v) is 4.37. The second-order valence-corrected chi connectivity index (χ2v) is 5.98. The number of methoxy groups -OCH3 is 1. The minimum atomic E-state index is 0.862. The summed E-state index contributed by atoms with van der Waals surface area (Å²) in [4.78, 5) is 4.40. The Bertz CT molecular complexity index is 685. The minimum Gasteiger partial charge on any atom is -0.496 e. The number of ether oxygens (including phenoxy) is 1. The van der Waals surface area contributed by atoms with Crippen molar-refractivity contribution in [2.75, 3.05) is 44.1 Å². The van der Waals surface area contributed by atoms with Crippen LogP contribution in [-0.4, -0.2) is 34.3 Å². The largest absolute Gasteiger partial charge is 0.496 e. The molecule has 0 aliphatic carbocycles. The SMILES string of the molecule is C=C(c1ccc(N(C)C)cc1)c1ccc(N(CC)CC)cc1OC. The molecule has 3 nitrogen and oxygen atoms in total. The van der Waals surface area contributed by atoms with Crippen molar-refractivity contribution < 1.29 is 4.74 Å². The first-order valence-corrected chi connectivity index (χ1v) is 8.41. The van der Waals surface area contributed by atoms with Crippen LogP contribution in [0.5, 0.6) is 5.75 Å². The van der Waals surface area contributed by atoms with Crippen molar-refractivity contribution in [3.05, 3.63) is 60.2 Å². The Kier molecular flexibility index (Phi) is 5.91. The summed E-state index contributed by atoms with van der Waals surface area (Å²) in [6.07, 6.45) is 0. The van der Waals surface area contributed by atoms with Crippen molar-refractivity contribution >= 4 is 16.9 Å². The van der Waals surface area contributed by atoms with Crippen molar-refractivity contribution in [2.24, 2.45) is 0 Å². The van der Waals surface area contributed by atoms with Crippen molar-refractivity contribution in [1.29, 1.82) is 0 Å². The summed E-state index contributed by atoms with van der Waals surface area (Å²) in [5.41, 5.74) is 5.47. The molecule has 0 aliphatic heterocycles. The van der Waals surface area contributed by atoms with Gasteiger partial charge in [0.15, 0.2) is 0 Å². The molecule has 0 unspecified atom stereocenters. The van der Waals surface area contributed by atoms with Gasteiger partial charge in [-0.3, -0.25) is 0 Å². The van der Waals surface area contributed by atoms with E-state index in [9.17, 15) is 0 Å². The van der Waals surface area contributed by atoms with Gasteiger partial charge >= 0.3 is 0 Å². The zero-order valence-electron chi connectivity index (χ0n) is 15.5. The van der Waals surface area contributed by atoms with Gasteiger partial charge in [0.2, 0.25) is 0 Å². The van der Waals surface area contributed by atoms with Gasteiger partial charge in [-0.05, 0) is 49.2 Å². The van der Waals surface area contributed by atoms with Crippen molar-refractivity contribution in [2.45, 2.75) is 13.8 Å². The lowest BCUT2D eigenvalue weighted by molar-refractivity contribution is 0.413. The summed E-state index contributed by atoms with van der Waals surface area (Å²) in [6, 6.07) is 14.8. The average molecular weight is 324 g/mol. The fourth-order valence-electron chi connectivity index (χ4n) is 2.83. The Morgan fingerprint density at radius 2 is 1.54 bits per heavy atom. The normalized spacial score (nSPS) is 10.4. The van der Waals surface area contributed by atoms with Gasteiger partial charge in [-0.15, -0.1) is 0 Å². The summed E-state index contributed by atoms with van der Waals surface area (Å²) in [7, 11) is 5.80. The molecule has 0 atom stereocenters. The standard InChI is InChI=1S/C21H28N2O/c1-7-23(8-2)19-13-14-20(21(15-19)24-6)16(3)17-9-11-18(12-10-17)22(4)5/h9-15H,3,7-8H2,1-2,4-6H3. The quantitative estimate of drug-likeness (QED) is 0.736. The van der Waals surface area contributed by atoms with Gasteiger partial charge in [-0.25, -0.2) is 0 Å². The topological polar surface area (TPSA) is 15.7 Å². The van der Waals surface area contributed by atoms with Crippen LogP contribution < -0.4 is 14.5 Å². The van der Waals surface area contributed by atoms with Crippen LogP contribution in [0, 0.1) is 0 Å². The molecular formula is C21H28N2O. The zero-order valence-corrected chi connectivity index (χ0v) is 15.5. The highest BCUT2D eigenvalue weighted by atomic mass is 16.5. The monoisotopic (exact) mass is 324 g/mol. The molecule has 0 bridgehead atoms. The molecule has 0 radical (unpaired) electrons. The molecule has 2 rings (SSSR count). The van der Waals surface area contributed by atoms with E-state index in [1.54, 1.807) is 7.11 Å². The van der Waals surface area contributed by atoms with E-state index in [-0.39, 0.29) is 0 Å². The molecule has 0 spiro atoms. The molecule has 3 heteroatoms. The van der Waals surface area contributed by atoms with Crippen molar-refractivity contribution in [3.8, 4) is 5.75 Å². The lowest BCUT2D eigenvalue weighted by atomic mass is 9.98. The van der Waals surface area contributed by atoms with E-state index in [0.29, 0.717) is 0 Å². The molecule has 0 amide bonds. The Morgan fingerprint density at radius 1 is 0.958 bits per heavy atom. The van der Waals surface area contributed by atoms with Crippen molar-refractivity contribution in [3.63, 3.8) is 0 Å². The number of hydrogen-bond donors (Lipinski definition) is 0. The molecule has 0 heterocycles. The van der Waals surface area contributed by atoms with E-state index >= 15 is 0 Å². The van der Waals surface area contributed by atoms with Gasteiger partial charge in [-0.1, -0.05) is 18.7 Å². The maximum atomic E-state index is 5.63. The molecule has 0 saturated carbocycles. The number of anilines is 2. The first-order valence-electron chi connectivity index (χ1n) is 8.41. The molecular weight excluding hydrogens is 296 g/mol. The van der Waals surface area contributed by atoms with Crippen molar-refractivity contribution in [1.82, 2.24) is 0 Å². The minimum absolute atomic E-state index is 0.862. The van der Waals surface area contributed by atoms with E-state index in [0.717, 1.165) is 35.5 Å². The van der Waals surface area contributed by atoms with E-state index in [2.05, 4.69) is 72.7 Å². The molecule has 128 valence electrons. The van der Waals surface area contributed by atoms with Crippen LogP contribution >= 0.6 is 0 Å². The Hall–Kier alpha value is -2.42. The van der Waals surface area contributed by atoms with Gasteiger partial charge in [0, 0.05) is 50.2 Å². The molecule has 24 heavy (non-hydrogen) atoms. The highest BCUT2D eigenvalue weighted by Gasteiger charge is 2.12. The fraction of sp³-hybridized carbons (Fsp3) is 0.333. The van der Waals surface area contributed by atoms with Crippen LogP contribution in [0.1, 0.15) is 25.0 Å². The molecule has 0 aromatic heterocycles. The van der Waals surface area contributed by atoms with Crippen LogP contribution in [0.25, 0.3) is 5.57 Å². The molecule has 0 aliphatic rings. The highest BCUT2D eigenvalue weighted by molar-refractivity contribution is 5.83. The maximum absolute atomic E-state index is 5.63. The van der Waals surface area contributed by atoms with Gasteiger partial charge < -0.3 is 14.5 Å². The summed E-state index contributed by atoms with van der Waals surface area (Å²) in [5.74, 6) is 0.862. The van der Waals surface area contributed by atoms with Crippen LogP contribution in [-0.2, 0) is 0 Å². The van der Waals surface area contributed by atoms with Gasteiger partial charge in [-0.2, -0.15) is 0 Å². The summed E-state index contributed by atoms with van der Waals surface area (Å²) < 4.78 is 5.63. The Labute approximate surface area is 146 Å². The number of hydrogen-bond acceptors (Lipinski definition) is 3. The smallest absolute Gasteiger partial charge is 0.128 e. The molecule has 2 aromatic carbocycles. The second-order valence-electron chi connectivity index (χ2n) is 5.98. The van der Waals surface area contributed by atoms with Crippen LogP contribution in [0.2, 0.25) is 0 Å². The summed E-state index contributed by atoms with van der Waals surface area (Å²) >= 11 is 0. The summed E-state index contributed by atoms with van der Waals surface area (Å²) in [5, 5.41) is 0. The van der Waals surface area contributed by atoms with E-state index < -0.39 is 0 Å². The zero-order chi connectivity index (χ0) is 17.7. The highest BCUT2D eigenvalue weighted by Crippen LogP contribution is 2.33. The first kappa shape index (κ1) is 17.9. The number of benzene rings is 2. The molecule has 0 fully saturated rings. The van der Waals surface area contributed by atoms with Gasteiger partial charge in [0.1, 0.15) is 5.75 Å². The third kappa shape index (κ3) is 3.73. The second kappa shape index (κ2) is 7.91. The first-order chi connectivity index (χ1) is 11.5. The van der Waals surface area contributed by atoms with Gasteiger partial charge in [0.25, 0.3) is 0 Å². The van der Waals surface area contributed by atoms with Gasteiger partial charge in [0.05, 0.1) is 7.11 Å². The third-order valence-electron chi connectivity index (χ3n) is 4.37. The molecule has 0 saturated heterocycles. The molecule has 2 aromatic rings. The average Bonchev–Trinajstić information content (AvgIpc) is 2.62. The van der Waals surface area contributed by atoms with Crippen LogP contribution in [0.4, 0.5) is 11.4 Å². The fourth-order valence-corrected chi connectivity index (χ4v) is 2.83. The number of nitrogens with zero attached hydrogens (tertiary/aromatic N) is 2. The van der Waals surface area contributed by atoms with E-state index in [1.165, 1.54) is 11.4 Å². The van der Waals surface area contributed by atoms with E-state index in [1.807, 2.05) is 14.1 Å². The lowest BCUT2D eigenvalue weighted by Crippen LogP contribution is -2.21. The lowest BCUT2D eigenvalue weighted by Gasteiger charge is -2.23. The maximum Gasteiger partial charge on any atom is 0.128 e. The number of rotatable bonds is 7. The van der Waals surface area contributed by atoms with Crippen LogP contribution in [0.15, 0.2) is 49.0 Å². The van der Waals surface area contributed by atoms with Crippen LogP contribution in [0.3, 0.4) is 0 Å². The molecule has 0 N–H and O–H groups in total.